The van der Waals surface area contributed by atoms with E-state index < -0.39 is 0 Å². The lowest BCUT2D eigenvalue weighted by Crippen LogP contribution is -2.17. The van der Waals surface area contributed by atoms with Crippen LogP contribution in [-0.2, 0) is 14.2 Å². The Hall–Kier alpha value is -5.04. The summed E-state index contributed by atoms with van der Waals surface area (Å²) >= 11 is 0. The highest BCUT2D eigenvalue weighted by atomic mass is 16.5. The van der Waals surface area contributed by atoms with Crippen LogP contribution >= 0.6 is 0 Å². The van der Waals surface area contributed by atoms with E-state index in [-0.39, 0.29) is 5.92 Å². The molecular weight excluding hydrogens is 552 g/mol. The summed E-state index contributed by atoms with van der Waals surface area (Å²) in [6.45, 7) is 8.76. The van der Waals surface area contributed by atoms with Crippen LogP contribution in [0.3, 0.4) is 0 Å². The Balaban J connectivity index is 1.71. The van der Waals surface area contributed by atoms with Gasteiger partial charge in [0.25, 0.3) is 0 Å². The van der Waals surface area contributed by atoms with Crippen LogP contribution in [0, 0.1) is 12.8 Å². The Morgan fingerprint density at radius 2 is 1.61 bits per heavy atom. The Kier molecular flexibility index (Phi) is 10.8. The Morgan fingerprint density at radius 3 is 2.25 bits per heavy atom. The first-order valence-electron chi connectivity index (χ1n) is 14.3. The van der Waals surface area contributed by atoms with Crippen LogP contribution in [0.15, 0.2) is 119 Å². The minimum absolute atomic E-state index is 0.0552. The van der Waals surface area contributed by atoms with Gasteiger partial charge in [0.15, 0.2) is 23.0 Å². The van der Waals surface area contributed by atoms with E-state index in [2.05, 4.69) is 49.9 Å². The van der Waals surface area contributed by atoms with Crippen molar-refractivity contribution in [3.8, 4) is 22.8 Å². The number of nitrogens with zero attached hydrogens (tertiary/aromatic N) is 2. The molecule has 1 unspecified atom stereocenters. The zero-order chi connectivity index (χ0) is 31.6. The van der Waals surface area contributed by atoms with Crippen molar-refractivity contribution in [1.82, 2.24) is 4.98 Å². The number of rotatable bonds is 12. The third kappa shape index (κ3) is 7.29. The molecular formula is C37H40N2O5. The Labute approximate surface area is 260 Å². The molecule has 3 aromatic rings. The van der Waals surface area contributed by atoms with Crippen molar-refractivity contribution in [2.24, 2.45) is 10.9 Å². The van der Waals surface area contributed by atoms with Gasteiger partial charge in [0.1, 0.15) is 5.76 Å². The quantitative estimate of drug-likeness (QED) is 0.158. The summed E-state index contributed by atoms with van der Waals surface area (Å²) in [5, 5.41) is 0. The number of pyridine rings is 1. The summed E-state index contributed by atoms with van der Waals surface area (Å²) in [5.41, 5.74) is 7.57. The fraction of sp³-hybridized carbons (Fsp3) is 0.243. The smallest absolute Gasteiger partial charge is 0.198 e. The zero-order valence-corrected chi connectivity index (χ0v) is 26.5. The van der Waals surface area contributed by atoms with E-state index in [1.165, 1.54) is 0 Å². The molecule has 0 N–H and O–H groups in total. The van der Waals surface area contributed by atoms with E-state index >= 15 is 0 Å². The van der Waals surface area contributed by atoms with Gasteiger partial charge in [-0.05, 0) is 66.5 Å². The molecule has 0 radical (unpaired) electrons. The lowest BCUT2D eigenvalue weighted by molar-refractivity contribution is 0.186. The van der Waals surface area contributed by atoms with Crippen LogP contribution < -0.4 is 9.47 Å². The second kappa shape index (κ2) is 14.9. The van der Waals surface area contributed by atoms with Gasteiger partial charge in [-0.15, -0.1) is 0 Å². The summed E-state index contributed by atoms with van der Waals surface area (Å²) in [6, 6.07) is 18.1. The second-order valence-corrected chi connectivity index (χ2v) is 10.2. The van der Waals surface area contributed by atoms with Crippen LogP contribution in [0.25, 0.3) is 17.3 Å². The van der Waals surface area contributed by atoms with Crippen molar-refractivity contribution in [1.29, 1.82) is 0 Å². The molecule has 0 fully saturated rings. The number of aromatic nitrogens is 1. The number of dihydropyridines is 1. The first-order chi connectivity index (χ1) is 21.3. The standard InChI is InChI=1S/C37H40N2O5/c1-24(19-34(43-7)37(44-8)26(3)40-4)30-20-28(15-14-27-12-10-9-11-13-27)36(39-22-30)31-18-25(2)35(38-23-31)29-16-17-32(41-5)33(21-29)42-6/h9-21,23,30H,1,22H2,2-8H3. The van der Waals surface area contributed by atoms with Gasteiger partial charge in [0, 0.05) is 23.2 Å². The first kappa shape index (κ1) is 31.9. The third-order valence-corrected chi connectivity index (χ3v) is 7.43. The van der Waals surface area contributed by atoms with Crippen molar-refractivity contribution in [2.45, 2.75) is 13.8 Å². The molecule has 1 aliphatic rings. The number of allylic oxidation sites excluding steroid dienone is 4. The average molecular weight is 593 g/mol. The largest absolute Gasteiger partial charge is 0.497 e. The van der Waals surface area contributed by atoms with Gasteiger partial charge < -0.3 is 23.7 Å². The van der Waals surface area contributed by atoms with Crippen LogP contribution in [-0.4, -0.2) is 52.8 Å². The van der Waals surface area contributed by atoms with Gasteiger partial charge in [-0.25, -0.2) is 0 Å². The third-order valence-electron chi connectivity index (χ3n) is 7.43. The number of methoxy groups -OCH3 is 5. The molecule has 1 aromatic heterocycles. The molecule has 2 heterocycles. The van der Waals surface area contributed by atoms with E-state index in [0.29, 0.717) is 35.3 Å². The molecule has 1 aliphatic heterocycles. The van der Waals surface area contributed by atoms with Gasteiger partial charge in [0.2, 0.25) is 0 Å². The van der Waals surface area contributed by atoms with Crippen LogP contribution in [0.4, 0.5) is 0 Å². The summed E-state index contributed by atoms with van der Waals surface area (Å²) in [6.07, 6.45) is 10.1. The number of aliphatic imine (C=N–C) groups is 1. The first-order valence-corrected chi connectivity index (χ1v) is 14.3. The highest BCUT2D eigenvalue weighted by Gasteiger charge is 2.21. The summed E-state index contributed by atoms with van der Waals surface area (Å²) < 4.78 is 27.5. The SMILES string of the molecule is C=C(C=C(OC)C(OC)=C(C)OC)C1C=C(C=Cc2ccccc2)C(c2cnc(-c3ccc(OC)c(OC)c3)c(C)c2)=NC1. The van der Waals surface area contributed by atoms with E-state index in [9.17, 15) is 0 Å². The van der Waals surface area contributed by atoms with Gasteiger partial charge in [-0.2, -0.15) is 0 Å². The molecule has 44 heavy (non-hydrogen) atoms. The highest BCUT2D eigenvalue weighted by molar-refractivity contribution is 6.15. The predicted octanol–water partition coefficient (Wildman–Crippen LogP) is 7.74. The van der Waals surface area contributed by atoms with E-state index in [1.807, 2.05) is 55.6 Å². The van der Waals surface area contributed by atoms with Crippen molar-refractivity contribution in [3.05, 3.63) is 131 Å². The van der Waals surface area contributed by atoms with Gasteiger partial charge in [-0.1, -0.05) is 55.1 Å². The summed E-state index contributed by atoms with van der Waals surface area (Å²) in [7, 11) is 8.04. The van der Waals surface area contributed by atoms with E-state index in [4.69, 9.17) is 33.7 Å². The predicted molar refractivity (Wildman–Crippen MR) is 177 cm³/mol. The van der Waals surface area contributed by atoms with Crippen LogP contribution in [0.1, 0.15) is 23.6 Å². The maximum atomic E-state index is 5.64. The fourth-order valence-corrected chi connectivity index (χ4v) is 4.99. The molecule has 7 nitrogen and oxygen atoms in total. The molecule has 0 amide bonds. The topological polar surface area (TPSA) is 71.4 Å². The molecule has 228 valence electrons. The van der Waals surface area contributed by atoms with Gasteiger partial charge in [-0.3, -0.25) is 9.98 Å². The van der Waals surface area contributed by atoms with Crippen molar-refractivity contribution in [2.75, 3.05) is 42.1 Å². The molecule has 0 aliphatic carbocycles. The van der Waals surface area contributed by atoms with Crippen molar-refractivity contribution in [3.63, 3.8) is 0 Å². The Bertz CT molecular complexity index is 1650. The number of aryl methyl sites for hydroxylation is 1. The van der Waals surface area contributed by atoms with Crippen molar-refractivity contribution < 1.29 is 23.7 Å². The van der Waals surface area contributed by atoms with Crippen LogP contribution in [0.5, 0.6) is 11.5 Å². The monoisotopic (exact) mass is 592 g/mol. The van der Waals surface area contributed by atoms with Gasteiger partial charge >= 0.3 is 0 Å². The summed E-state index contributed by atoms with van der Waals surface area (Å²) in [4.78, 5) is 9.92. The lowest BCUT2D eigenvalue weighted by atomic mass is 9.89. The summed E-state index contributed by atoms with van der Waals surface area (Å²) in [5.74, 6) is 2.94. The normalized spacial score (nSPS) is 15.6. The van der Waals surface area contributed by atoms with E-state index in [1.54, 1.807) is 35.5 Å². The van der Waals surface area contributed by atoms with E-state index in [0.717, 1.165) is 44.8 Å². The molecule has 0 saturated carbocycles. The minimum atomic E-state index is -0.0552. The zero-order valence-electron chi connectivity index (χ0n) is 26.5. The molecule has 1 atom stereocenters. The highest BCUT2D eigenvalue weighted by Crippen LogP contribution is 2.34. The lowest BCUT2D eigenvalue weighted by Gasteiger charge is -2.22. The average Bonchev–Trinajstić information content (AvgIpc) is 3.06. The molecule has 0 spiro atoms. The fourth-order valence-electron chi connectivity index (χ4n) is 4.99. The number of benzene rings is 2. The molecule has 2 aromatic carbocycles. The molecule has 7 heteroatoms. The Morgan fingerprint density at radius 1 is 0.864 bits per heavy atom. The minimum Gasteiger partial charge on any atom is -0.497 e. The second-order valence-electron chi connectivity index (χ2n) is 10.2. The maximum absolute atomic E-state index is 5.64. The van der Waals surface area contributed by atoms with Crippen LogP contribution in [0.2, 0.25) is 0 Å². The van der Waals surface area contributed by atoms with Gasteiger partial charge in [0.05, 0.1) is 53.5 Å². The molecule has 0 saturated heterocycles. The maximum Gasteiger partial charge on any atom is 0.198 e. The molecule has 4 rings (SSSR count). The molecule has 0 bridgehead atoms. The number of hydrogen-bond donors (Lipinski definition) is 0. The number of hydrogen-bond acceptors (Lipinski definition) is 7. The number of ether oxygens (including phenoxy) is 5. The van der Waals surface area contributed by atoms with Crippen molar-refractivity contribution >= 4 is 11.8 Å².